The lowest BCUT2D eigenvalue weighted by Gasteiger charge is -2.05. The molecule has 0 aliphatic rings. The lowest BCUT2D eigenvalue weighted by Crippen LogP contribution is -2.15. The summed E-state index contributed by atoms with van der Waals surface area (Å²) in [6.07, 6.45) is 0.323. The van der Waals surface area contributed by atoms with Gasteiger partial charge in [0.2, 0.25) is 0 Å². The Morgan fingerprint density at radius 1 is 1.36 bits per heavy atom. The number of carboxylic acid groups (broad SMARTS) is 1. The van der Waals surface area contributed by atoms with E-state index in [1.54, 1.807) is 6.92 Å². The van der Waals surface area contributed by atoms with Crippen molar-refractivity contribution in [2.45, 2.75) is 27.2 Å². The monoisotopic (exact) mass is 195 g/mol. The molecule has 1 rings (SSSR count). The summed E-state index contributed by atoms with van der Waals surface area (Å²) in [6, 6.07) is 0. The van der Waals surface area contributed by atoms with Gasteiger partial charge in [0.1, 0.15) is 0 Å². The van der Waals surface area contributed by atoms with Gasteiger partial charge in [-0.05, 0) is 13.8 Å². The maximum Gasteiger partial charge on any atom is 0.306 e. The second-order valence-corrected chi connectivity index (χ2v) is 3.34. The Bertz CT molecular complexity index is 352. The molecule has 0 aliphatic carbocycles. The minimum atomic E-state index is -0.841. The van der Waals surface area contributed by atoms with Gasteiger partial charge in [-0.25, -0.2) is 4.98 Å². The highest BCUT2D eigenvalue weighted by molar-refractivity contribution is 5.69. The van der Waals surface area contributed by atoms with Gasteiger partial charge in [-0.3, -0.25) is 4.79 Å². The highest BCUT2D eigenvalue weighted by atomic mass is 16.4. The Morgan fingerprint density at radius 2 is 2.00 bits per heavy atom. The quantitative estimate of drug-likeness (QED) is 0.770. The maximum absolute atomic E-state index is 10.6. The van der Waals surface area contributed by atoms with Crippen LogP contribution in [0.4, 0.5) is 0 Å². The first-order chi connectivity index (χ1) is 6.50. The predicted molar refractivity (Wildman–Crippen MR) is 49.8 cm³/mol. The van der Waals surface area contributed by atoms with Crippen LogP contribution in [0.25, 0.3) is 0 Å². The molecule has 0 amide bonds. The van der Waals surface area contributed by atoms with Gasteiger partial charge in [-0.2, -0.15) is 5.10 Å². The number of hydrogen-bond acceptors (Lipinski definition) is 4. The molecule has 0 bridgehead atoms. The minimum Gasteiger partial charge on any atom is -0.481 e. The van der Waals surface area contributed by atoms with Gasteiger partial charge >= 0.3 is 5.97 Å². The van der Waals surface area contributed by atoms with Crippen LogP contribution in [-0.4, -0.2) is 26.3 Å². The number of carbonyl (C=O) groups is 1. The first-order valence-corrected chi connectivity index (χ1v) is 4.40. The first-order valence-electron chi connectivity index (χ1n) is 4.40. The highest BCUT2D eigenvalue weighted by Crippen LogP contribution is 2.05. The second kappa shape index (κ2) is 4.13. The van der Waals surface area contributed by atoms with Crippen LogP contribution >= 0.6 is 0 Å². The molecule has 1 atom stereocenters. The van der Waals surface area contributed by atoms with Crippen LogP contribution in [0.2, 0.25) is 0 Å². The van der Waals surface area contributed by atoms with E-state index >= 15 is 0 Å². The Hall–Kier alpha value is -1.52. The zero-order chi connectivity index (χ0) is 10.7. The van der Waals surface area contributed by atoms with Crippen molar-refractivity contribution in [1.29, 1.82) is 0 Å². The molecule has 0 aromatic carbocycles. The van der Waals surface area contributed by atoms with E-state index in [9.17, 15) is 4.79 Å². The molecule has 1 aromatic heterocycles. The maximum atomic E-state index is 10.6. The van der Waals surface area contributed by atoms with Gasteiger partial charge in [0, 0.05) is 6.42 Å². The Labute approximate surface area is 82.2 Å². The van der Waals surface area contributed by atoms with Crippen molar-refractivity contribution >= 4 is 5.97 Å². The summed E-state index contributed by atoms with van der Waals surface area (Å²) >= 11 is 0. The third-order valence-corrected chi connectivity index (χ3v) is 2.05. The lowest BCUT2D eigenvalue weighted by atomic mass is 10.1. The van der Waals surface area contributed by atoms with E-state index in [-0.39, 0.29) is 0 Å². The molecule has 5 heteroatoms. The molecule has 76 valence electrons. The molecular weight excluding hydrogens is 182 g/mol. The molecule has 1 unspecified atom stereocenters. The van der Waals surface area contributed by atoms with Gasteiger partial charge in [-0.1, -0.05) is 6.92 Å². The SMILES string of the molecule is Cc1nnc(CC(C)C(=O)O)nc1C. The molecule has 1 heterocycles. The second-order valence-electron chi connectivity index (χ2n) is 3.34. The van der Waals surface area contributed by atoms with E-state index in [4.69, 9.17) is 5.11 Å². The summed E-state index contributed by atoms with van der Waals surface area (Å²) in [7, 11) is 0. The van der Waals surface area contributed by atoms with Gasteiger partial charge in [0.05, 0.1) is 17.3 Å². The number of hydrogen-bond donors (Lipinski definition) is 1. The fraction of sp³-hybridized carbons (Fsp3) is 0.556. The largest absolute Gasteiger partial charge is 0.481 e. The van der Waals surface area contributed by atoms with Crippen LogP contribution in [0, 0.1) is 19.8 Å². The van der Waals surface area contributed by atoms with Crippen molar-refractivity contribution < 1.29 is 9.90 Å². The molecule has 0 radical (unpaired) electrons. The van der Waals surface area contributed by atoms with Gasteiger partial charge < -0.3 is 5.11 Å². The zero-order valence-corrected chi connectivity index (χ0v) is 8.48. The summed E-state index contributed by atoms with van der Waals surface area (Å²) in [4.78, 5) is 14.7. The van der Waals surface area contributed by atoms with E-state index in [0.29, 0.717) is 12.2 Å². The number of rotatable bonds is 3. The summed E-state index contributed by atoms with van der Waals surface area (Å²) < 4.78 is 0. The topological polar surface area (TPSA) is 76.0 Å². The molecule has 5 nitrogen and oxygen atoms in total. The molecule has 14 heavy (non-hydrogen) atoms. The number of aryl methyl sites for hydroxylation is 2. The fourth-order valence-corrected chi connectivity index (χ4v) is 0.950. The third-order valence-electron chi connectivity index (χ3n) is 2.05. The lowest BCUT2D eigenvalue weighted by molar-refractivity contribution is -0.141. The minimum absolute atomic E-state index is 0.323. The van der Waals surface area contributed by atoms with Crippen molar-refractivity contribution in [2.24, 2.45) is 5.92 Å². The van der Waals surface area contributed by atoms with E-state index in [1.807, 2.05) is 13.8 Å². The normalized spacial score (nSPS) is 12.5. The highest BCUT2D eigenvalue weighted by Gasteiger charge is 2.14. The van der Waals surface area contributed by atoms with Crippen molar-refractivity contribution in [3.05, 3.63) is 17.2 Å². The smallest absolute Gasteiger partial charge is 0.306 e. The van der Waals surface area contributed by atoms with Crippen LogP contribution in [0.15, 0.2) is 0 Å². The van der Waals surface area contributed by atoms with Crippen LogP contribution in [0.1, 0.15) is 24.1 Å². The Morgan fingerprint density at radius 3 is 2.50 bits per heavy atom. The molecule has 1 aromatic rings. The summed E-state index contributed by atoms with van der Waals surface area (Å²) in [5.74, 6) is -0.825. The average molecular weight is 195 g/mol. The number of nitrogens with zero attached hydrogens (tertiary/aromatic N) is 3. The molecule has 0 fully saturated rings. The van der Waals surface area contributed by atoms with Crippen LogP contribution < -0.4 is 0 Å². The summed E-state index contributed by atoms with van der Waals surface area (Å²) in [6.45, 7) is 5.28. The Balaban J connectivity index is 2.78. The third kappa shape index (κ3) is 2.48. The number of aromatic nitrogens is 3. The molecule has 0 aliphatic heterocycles. The van der Waals surface area contributed by atoms with Crippen molar-refractivity contribution in [3.8, 4) is 0 Å². The molecule has 0 spiro atoms. The average Bonchev–Trinajstić information content (AvgIpc) is 2.11. The van der Waals surface area contributed by atoms with E-state index < -0.39 is 11.9 Å². The standard InChI is InChI=1S/C9H13N3O2/c1-5(9(13)14)4-8-10-6(2)7(3)11-12-8/h5H,4H2,1-3H3,(H,13,14). The predicted octanol–water partition coefficient (Wildman–Crippen LogP) is 0.752. The Kier molecular flexibility index (Phi) is 3.11. The van der Waals surface area contributed by atoms with Gasteiger partial charge in [0.15, 0.2) is 5.82 Å². The molecule has 1 N–H and O–H groups in total. The van der Waals surface area contributed by atoms with E-state index in [1.165, 1.54) is 0 Å². The zero-order valence-electron chi connectivity index (χ0n) is 8.48. The van der Waals surface area contributed by atoms with Gasteiger partial charge in [0.25, 0.3) is 0 Å². The van der Waals surface area contributed by atoms with Crippen LogP contribution in [0.5, 0.6) is 0 Å². The van der Waals surface area contributed by atoms with E-state index in [2.05, 4.69) is 15.2 Å². The van der Waals surface area contributed by atoms with Crippen LogP contribution in [-0.2, 0) is 11.2 Å². The summed E-state index contributed by atoms with van der Waals surface area (Å²) in [5, 5.41) is 16.4. The summed E-state index contributed by atoms with van der Waals surface area (Å²) in [5.41, 5.74) is 1.57. The van der Waals surface area contributed by atoms with Crippen molar-refractivity contribution in [3.63, 3.8) is 0 Å². The molecular formula is C9H13N3O2. The number of aliphatic carboxylic acids is 1. The fourth-order valence-electron chi connectivity index (χ4n) is 0.950. The molecule has 0 saturated carbocycles. The first kappa shape index (κ1) is 10.6. The van der Waals surface area contributed by atoms with Crippen molar-refractivity contribution in [2.75, 3.05) is 0 Å². The number of carboxylic acids is 1. The van der Waals surface area contributed by atoms with Crippen molar-refractivity contribution in [1.82, 2.24) is 15.2 Å². The van der Waals surface area contributed by atoms with Crippen LogP contribution in [0.3, 0.4) is 0 Å². The van der Waals surface area contributed by atoms with E-state index in [0.717, 1.165) is 11.4 Å². The molecule has 0 saturated heterocycles. The van der Waals surface area contributed by atoms with Gasteiger partial charge in [-0.15, -0.1) is 5.10 Å².